The van der Waals surface area contributed by atoms with Gasteiger partial charge in [-0.2, -0.15) is 8.61 Å². The van der Waals surface area contributed by atoms with E-state index in [2.05, 4.69) is 17.0 Å². The first kappa shape index (κ1) is 30.4. The van der Waals surface area contributed by atoms with E-state index in [1.54, 1.807) is 32.9 Å². The summed E-state index contributed by atoms with van der Waals surface area (Å²) in [5.74, 6) is -0.194. The van der Waals surface area contributed by atoms with Crippen LogP contribution < -0.4 is 0 Å². The number of aryl methyl sites for hydroxylation is 2. The molecule has 0 bridgehead atoms. The number of hydrogen-bond donors (Lipinski definition) is 0. The van der Waals surface area contributed by atoms with Gasteiger partial charge in [0.1, 0.15) is 0 Å². The lowest BCUT2D eigenvalue weighted by atomic mass is 10.1. The molecule has 4 rings (SSSR count). The van der Waals surface area contributed by atoms with Gasteiger partial charge in [-0.05, 0) is 75.5 Å². The smallest absolute Gasteiger partial charge is 0.243 e. The van der Waals surface area contributed by atoms with Crippen LogP contribution >= 0.6 is 0 Å². The van der Waals surface area contributed by atoms with Crippen molar-refractivity contribution < 1.29 is 16.8 Å². The Morgan fingerprint density at radius 1 is 0.625 bits per heavy atom. The standard InChI is InChI=1S/C31H41N3O4S2/c1-26-11-15-30(16-12-26)39(35,36)33-21-7-19-32(25-29-9-5-4-6-10-29)20-8-22-34(24-28(3)23-33)40(37,38)31-17-13-27(2)14-18-31/h4-6,9-18,28H,7-8,19-25H2,1-3H3. The summed E-state index contributed by atoms with van der Waals surface area (Å²) in [6, 6.07) is 24.0. The average molecular weight is 584 g/mol. The first-order valence-electron chi connectivity index (χ1n) is 14.0. The number of hydrogen-bond acceptors (Lipinski definition) is 5. The molecule has 0 saturated carbocycles. The highest BCUT2D eigenvalue weighted by Gasteiger charge is 2.30. The summed E-state index contributed by atoms with van der Waals surface area (Å²) in [7, 11) is -7.48. The quantitative estimate of drug-likeness (QED) is 0.412. The van der Waals surface area contributed by atoms with E-state index in [1.165, 1.54) is 5.56 Å². The van der Waals surface area contributed by atoms with Crippen molar-refractivity contribution in [2.24, 2.45) is 5.92 Å². The van der Waals surface area contributed by atoms with Crippen LogP contribution in [0.1, 0.15) is 36.5 Å². The summed E-state index contributed by atoms with van der Waals surface area (Å²) in [5, 5.41) is 0. The lowest BCUT2D eigenvalue weighted by molar-refractivity contribution is 0.219. The van der Waals surface area contributed by atoms with Crippen molar-refractivity contribution in [3.63, 3.8) is 0 Å². The molecule has 40 heavy (non-hydrogen) atoms. The van der Waals surface area contributed by atoms with Gasteiger partial charge in [0.15, 0.2) is 0 Å². The molecule has 0 radical (unpaired) electrons. The molecular weight excluding hydrogens is 542 g/mol. The molecule has 7 nitrogen and oxygen atoms in total. The van der Waals surface area contributed by atoms with Gasteiger partial charge in [-0.25, -0.2) is 16.8 Å². The second kappa shape index (κ2) is 13.4. The summed E-state index contributed by atoms with van der Waals surface area (Å²) in [6.45, 7) is 9.19. The number of benzene rings is 3. The Morgan fingerprint density at radius 2 is 1.05 bits per heavy atom. The summed E-state index contributed by atoms with van der Waals surface area (Å²) in [4.78, 5) is 2.83. The topological polar surface area (TPSA) is 78.0 Å². The lowest BCUT2D eigenvalue weighted by Gasteiger charge is -2.32. The zero-order valence-corrected chi connectivity index (χ0v) is 25.4. The predicted octanol–water partition coefficient (Wildman–Crippen LogP) is 4.92. The second-order valence-corrected chi connectivity index (χ2v) is 14.8. The fourth-order valence-electron chi connectivity index (χ4n) is 5.14. The van der Waals surface area contributed by atoms with Crippen molar-refractivity contribution in [3.05, 3.63) is 95.6 Å². The van der Waals surface area contributed by atoms with Gasteiger partial charge in [0.05, 0.1) is 9.79 Å². The van der Waals surface area contributed by atoms with Gasteiger partial charge in [-0.15, -0.1) is 0 Å². The fourth-order valence-corrected chi connectivity index (χ4v) is 8.34. The van der Waals surface area contributed by atoms with Crippen LogP contribution in [0.2, 0.25) is 0 Å². The van der Waals surface area contributed by atoms with E-state index in [9.17, 15) is 16.8 Å². The minimum absolute atomic E-state index is 0.194. The minimum Gasteiger partial charge on any atom is -0.299 e. The molecule has 3 aromatic carbocycles. The highest BCUT2D eigenvalue weighted by Crippen LogP contribution is 2.23. The van der Waals surface area contributed by atoms with Crippen molar-refractivity contribution in [2.45, 2.75) is 49.9 Å². The molecule has 1 heterocycles. The van der Waals surface area contributed by atoms with Gasteiger partial charge in [0.2, 0.25) is 20.0 Å². The van der Waals surface area contributed by atoms with Crippen molar-refractivity contribution >= 4 is 20.0 Å². The van der Waals surface area contributed by atoms with E-state index in [0.29, 0.717) is 39.0 Å². The Morgan fingerprint density at radius 3 is 1.48 bits per heavy atom. The van der Waals surface area contributed by atoms with Crippen molar-refractivity contribution in [1.29, 1.82) is 0 Å². The van der Waals surface area contributed by atoms with Crippen molar-refractivity contribution in [1.82, 2.24) is 13.5 Å². The first-order chi connectivity index (χ1) is 19.1. The molecule has 0 aliphatic carbocycles. The molecule has 0 amide bonds. The highest BCUT2D eigenvalue weighted by molar-refractivity contribution is 7.89. The van der Waals surface area contributed by atoms with Gasteiger partial charge in [-0.1, -0.05) is 72.6 Å². The van der Waals surface area contributed by atoms with Crippen molar-refractivity contribution in [3.8, 4) is 0 Å². The van der Waals surface area contributed by atoms with Gasteiger partial charge < -0.3 is 0 Å². The number of rotatable bonds is 6. The molecule has 9 heteroatoms. The zero-order chi connectivity index (χ0) is 28.8. The van der Waals surface area contributed by atoms with Crippen LogP contribution in [-0.2, 0) is 26.6 Å². The normalized spacial score (nSPS) is 18.2. The molecule has 1 aliphatic rings. The first-order valence-corrected chi connectivity index (χ1v) is 16.8. The lowest BCUT2D eigenvalue weighted by Crippen LogP contribution is -2.43. The minimum atomic E-state index is -3.74. The molecule has 0 spiro atoms. The van der Waals surface area contributed by atoms with E-state index in [0.717, 1.165) is 17.7 Å². The van der Waals surface area contributed by atoms with Crippen LogP contribution in [0.15, 0.2) is 88.7 Å². The molecule has 0 atom stereocenters. The molecule has 0 unspecified atom stereocenters. The maximum Gasteiger partial charge on any atom is 0.243 e. The molecule has 0 N–H and O–H groups in total. The van der Waals surface area contributed by atoms with E-state index in [1.807, 2.05) is 63.2 Å². The molecule has 1 fully saturated rings. The summed E-state index contributed by atoms with van der Waals surface area (Å²) >= 11 is 0. The largest absolute Gasteiger partial charge is 0.299 e. The average Bonchev–Trinajstić information content (AvgIpc) is 2.92. The Labute approximate surface area is 240 Å². The molecule has 1 aliphatic heterocycles. The summed E-state index contributed by atoms with van der Waals surface area (Å²) in [5.41, 5.74) is 3.17. The van der Waals surface area contributed by atoms with Crippen LogP contribution in [0, 0.1) is 19.8 Å². The monoisotopic (exact) mass is 583 g/mol. The molecule has 3 aromatic rings. The Kier molecular flexibility index (Phi) is 10.2. The van der Waals surface area contributed by atoms with E-state index in [4.69, 9.17) is 0 Å². The number of nitrogens with zero attached hydrogens (tertiary/aromatic N) is 3. The number of sulfonamides is 2. The maximum atomic E-state index is 13.7. The third-order valence-electron chi connectivity index (χ3n) is 7.36. The molecule has 0 aromatic heterocycles. The van der Waals surface area contributed by atoms with Crippen LogP contribution in [0.25, 0.3) is 0 Å². The molecule has 216 valence electrons. The SMILES string of the molecule is Cc1ccc(S(=O)(=O)N2CCCN(Cc3ccccc3)CCCN(S(=O)(=O)c3ccc(C)cc3)CC(C)C2)cc1. The van der Waals surface area contributed by atoms with Gasteiger partial charge in [0.25, 0.3) is 0 Å². The van der Waals surface area contributed by atoms with Crippen LogP contribution in [0.3, 0.4) is 0 Å². The Bertz CT molecular complexity index is 1350. The van der Waals surface area contributed by atoms with E-state index >= 15 is 0 Å². The molecule has 1 saturated heterocycles. The predicted molar refractivity (Wildman–Crippen MR) is 160 cm³/mol. The van der Waals surface area contributed by atoms with E-state index in [-0.39, 0.29) is 28.8 Å². The third-order valence-corrected chi connectivity index (χ3v) is 11.1. The van der Waals surface area contributed by atoms with Gasteiger partial charge in [-0.3, -0.25) is 4.90 Å². The molecular formula is C31H41N3O4S2. The summed E-state index contributed by atoms with van der Waals surface area (Å²) < 4.78 is 58.1. The summed E-state index contributed by atoms with van der Waals surface area (Å²) in [6.07, 6.45) is 1.38. The zero-order valence-electron chi connectivity index (χ0n) is 23.7. The third kappa shape index (κ3) is 7.79. The highest BCUT2D eigenvalue weighted by atomic mass is 32.2. The van der Waals surface area contributed by atoms with Crippen LogP contribution in [0.4, 0.5) is 0 Å². The van der Waals surface area contributed by atoms with Crippen LogP contribution in [-0.4, -0.2) is 69.6 Å². The maximum absolute atomic E-state index is 13.7. The van der Waals surface area contributed by atoms with Gasteiger partial charge in [0, 0.05) is 32.7 Å². The Hall–Kier alpha value is -2.56. The van der Waals surface area contributed by atoms with Crippen LogP contribution in [0.5, 0.6) is 0 Å². The van der Waals surface area contributed by atoms with E-state index < -0.39 is 20.0 Å². The van der Waals surface area contributed by atoms with Crippen molar-refractivity contribution in [2.75, 3.05) is 39.3 Å². The fraction of sp³-hybridized carbons (Fsp3) is 0.419. The second-order valence-electron chi connectivity index (χ2n) is 10.9. The Balaban J connectivity index is 1.63. The van der Waals surface area contributed by atoms with Gasteiger partial charge >= 0.3 is 0 Å².